The van der Waals surface area contributed by atoms with Crippen molar-refractivity contribution in [3.63, 3.8) is 0 Å². The maximum atomic E-state index is 12.3. The lowest BCUT2D eigenvalue weighted by molar-refractivity contribution is -0.115. The molecule has 0 saturated heterocycles. The van der Waals surface area contributed by atoms with Crippen LogP contribution in [0, 0.1) is 0 Å². The summed E-state index contributed by atoms with van der Waals surface area (Å²) < 4.78 is 6.23. The summed E-state index contributed by atoms with van der Waals surface area (Å²) in [5.74, 6) is -0.115. The summed E-state index contributed by atoms with van der Waals surface area (Å²) in [7, 11) is 0. The van der Waals surface area contributed by atoms with E-state index in [1.54, 1.807) is 12.1 Å². The first kappa shape index (κ1) is 14.8. The number of ether oxygens (including phenoxy) is 1. The summed E-state index contributed by atoms with van der Waals surface area (Å²) in [5, 5.41) is 2.79. The summed E-state index contributed by atoms with van der Waals surface area (Å²) in [6.07, 6.45) is -0.205. The molecular weight excluding hydrogens is 324 g/mol. The fourth-order valence-electron chi connectivity index (χ4n) is 1.90. The topological polar surface area (TPSA) is 58.6 Å². The minimum absolute atomic E-state index is 0.115. The molecule has 2 amide bonds. The van der Waals surface area contributed by atoms with E-state index in [1.807, 2.05) is 26.8 Å². The molecular formula is C14H17BrN2O3. The average Bonchev–Trinajstić information content (AvgIpc) is 2.44. The Balaban J connectivity index is 2.35. The lowest BCUT2D eigenvalue weighted by Gasteiger charge is -2.27. The standard InChI is InChI=1S/C14H17BrN2O3/c1-14(2,3)20-13(19)17-7-6-12(18)16-10-8-9(15)4-5-11(10)17/h4-5,8H,6-7H2,1-3H3,(H,16,18). The van der Waals surface area contributed by atoms with Crippen LogP contribution in [0.15, 0.2) is 22.7 Å². The predicted octanol–water partition coefficient (Wildman–Crippen LogP) is 3.53. The van der Waals surface area contributed by atoms with Crippen molar-refractivity contribution in [1.82, 2.24) is 0 Å². The summed E-state index contributed by atoms with van der Waals surface area (Å²) >= 11 is 3.36. The summed E-state index contributed by atoms with van der Waals surface area (Å²) in [6, 6.07) is 5.39. The number of carbonyl (C=O) groups is 2. The third-order valence-corrected chi connectivity index (χ3v) is 3.19. The molecule has 1 aromatic carbocycles. The number of hydrogen-bond donors (Lipinski definition) is 1. The SMILES string of the molecule is CC(C)(C)OC(=O)N1CCC(=O)Nc2cc(Br)ccc21. The van der Waals surface area contributed by atoms with Crippen LogP contribution in [0.1, 0.15) is 27.2 Å². The molecule has 108 valence electrons. The van der Waals surface area contributed by atoms with Gasteiger partial charge in [0.1, 0.15) is 5.60 Å². The molecule has 20 heavy (non-hydrogen) atoms. The summed E-state index contributed by atoms with van der Waals surface area (Å²) in [5.41, 5.74) is 0.678. The maximum absolute atomic E-state index is 12.3. The van der Waals surface area contributed by atoms with E-state index in [-0.39, 0.29) is 12.3 Å². The van der Waals surface area contributed by atoms with Crippen molar-refractivity contribution < 1.29 is 14.3 Å². The Kier molecular flexibility index (Phi) is 4.04. The normalized spacial score (nSPS) is 15.2. The molecule has 1 aliphatic rings. The molecule has 1 aliphatic heterocycles. The second kappa shape index (κ2) is 5.44. The van der Waals surface area contributed by atoms with Crippen molar-refractivity contribution in [2.24, 2.45) is 0 Å². The van der Waals surface area contributed by atoms with Crippen LogP contribution >= 0.6 is 15.9 Å². The third kappa shape index (κ3) is 3.50. The highest BCUT2D eigenvalue weighted by atomic mass is 79.9. The molecule has 0 aliphatic carbocycles. The zero-order valence-electron chi connectivity index (χ0n) is 11.7. The Labute approximate surface area is 126 Å². The predicted molar refractivity (Wildman–Crippen MR) is 81.0 cm³/mol. The number of anilines is 2. The average molecular weight is 341 g/mol. The van der Waals surface area contributed by atoms with Crippen molar-refractivity contribution in [2.45, 2.75) is 32.8 Å². The van der Waals surface area contributed by atoms with Gasteiger partial charge in [0.25, 0.3) is 0 Å². The van der Waals surface area contributed by atoms with Gasteiger partial charge in [0.2, 0.25) is 5.91 Å². The van der Waals surface area contributed by atoms with E-state index >= 15 is 0 Å². The zero-order chi connectivity index (χ0) is 14.9. The fourth-order valence-corrected chi connectivity index (χ4v) is 2.26. The third-order valence-electron chi connectivity index (χ3n) is 2.70. The minimum atomic E-state index is -0.573. The Morgan fingerprint density at radius 3 is 2.75 bits per heavy atom. The lowest BCUT2D eigenvalue weighted by Crippen LogP contribution is -2.37. The molecule has 0 unspecified atom stereocenters. The molecule has 2 rings (SSSR count). The van der Waals surface area contributed by atoms with Crippen molar-refractivity contribution in [2.75, 3.05) is 16.8 Å². The molecule has 0 radical (unpaired) electrons. The van der Waals surface area contributed by atoms with Crippen LogP contribution in [0.25, 0.3) is 0 Å². The smallest absolute Gasteiger partial charge is 0.414 e. The van der Waals surface area contributed by atoms with Crippen LogP contribution in [0.5, 0.6) is 0 Å². The van der Waals surface area contributed by atoms with E-state index in [4.69, 9.17) is 4.74 Å². The Morgan fingerprint density at radius 1 is 1.40 bits per heavy atom. The first-order valence-electron chi connectivity index (χ1n) is 6.36. The number of carbonyl (C=O) groups excluding carboxylic acids is 2. The Morgan fingerprint density at radius 2 is 2.10 bits per heavy atom. The van der Waals surface area contributed by atoms with Gasteiger partial charge in [-0.25, -0.2) is 4.79 Å². The number of amides is 2. The quantitative estimate of drug-likeness (QED) is 0.785. The van der Waals surface area contributed by atoms with Crippen molar-refractivity contribution >= 4 is 39.3 Å². The second-order valence-electron chi connectivity index (χ2n) is 5.59. The zero-order valence-corrected chi connectivity index (χ0v) is 13.3. The molecule has 1 aromatic rings. The number of halogens is 1. The summed E-state index contributed by atoms with van der Waals surface area (Å²) in [6.45, 7) is 5.74. The van der Waals surface area contributed by atoms with Crippen molar-refractivity contribution in [3.05, 3.63) is 22.7 Å². The monoisotopic (exact) mass is 340 g/mol. The molecule has 6 heteroatoms. The van der Waals surface area contributed by atoms with Gasteiger partial charge in [-0.15, -0.1) is 0 Å². The second-order valence-corrected chi connectivity index (χ2v) is 6.51. The van der Waals surface area contributed by atoms with Crippen LogP contribution in [-0.4, -0.2) is 24.1 Å². The number of hydrogen-bond acceptors (Lipinski definition) is 3. The fraction of sp³-hybridized carbons (Fsp3) is 0.429. The molecule has 0 spiro atoms. The van der Waals surface area contributed by atoms with Crippen LogP contribution in [0.3, 0.4) is 0 Å². The molecule has 1 heterocycles. The van der Waals surface area contributed by atoms with E-state index in [1.165, 1.54) is 4.90 Å². The van der Waals surface area contributed by atoms with Gasteiger partial charge in [0, 0.05) is 17.4 Å². The van der Waals surface area contributed by atoms with Crippen LogP contribution in [0.4, 0.5) is 16.2 Å². The summed E-state index contributed by atoms with van der Waals surface area (Å²) in [4.78, 5) is 25.5. The van der Waals surface area contributed by atoms with Gasteiger partial charge >= 0.3 is 6.09 Å². The highest BCUT2D eigenvalue weighted by molar-refractivity contribution is 9.10. The molecule has 5 nitrogen and oxygen atoms in total. The number of nitrogens with one attached hydrogen (secondary N) is 1. The van der Waals surface area contributed by atoms with Gasteiger partial charge in [0.05, 0.1) is 11.4 Å². The molecule has 1 N–H and O–H groups in total. The number of benzene rings is 1. The van der Waals surface area contributed by atoms with Crippen LogP contribution < -0.4 is 10.2 Å². The highest BCUT2D eigenvalue weighted by Crippen LogP contribution is 2.32. The van der Waals surface area contributed by atoms with Crippen molar-refractivity contribution in [1.29, 1.82) is 0 Å². The number of nitrogens with zero attached hydrogens (tertiary/aromatic N) is 1. The Hall–Kier alpha value is -1.56. The largest absolute Gasteiger partial charge is 0.443 e. The van der Waals surface area contributed by atoms with E-state index < -0.39 is 11.7 Å². The molecule has 0 bridgehead atoms. The van der Waals surface area contributed by atoms with E-state index in [0.29, 0.717) is 17.9 Å². The number of rotatable bonds is 0. The van der Waals surface area contributed by atoms with Crippen LogP contribution in [-0.2, 0) is 9.53 Å². The number of fused-ring (bicyclic) bond motifs is 1. The highest BCUT2D eigenvalue weighted by Gasteiger charge is 2.28. The van der Waals surface area contributed by atoms with Gasteiger partial charge < -0.3 is 10.1 Å². The lowest BCUT2D eigenvalue weighted by atomic mass is 10.2. The van der Waals surface area contributed by atoms with E-state index in [0.717, 1.165) is 4.47 Å². The molecule has 0 atom stereocenters. The first-order chi connectivity index (χ1) is 9.26. The van der Waals surface area contributed by atoms with E-state index in [2.05, 4.69) is 21.2 Å². The maximum Gasteiger partial charge on any atom is 0.414 e. The van der Waals surface area contributed by atoms with Gasteiger partial charge in [-0.1, -0.05) is 15.9 Å². The van der Waals surface area contributed by atoms with Crippen LogP contribution in [0.2, 0.25) is 0 Å². The molecule has 0 fully saturated rings. The molecule has 0 saturated carbocycles. The van der Waals surface area contributed by atoms with Gasteiger partial charge in [0.15, 0.2) is 0 Å². The van der Waals surface area contributed by atoms with Crippen molar-refractivity contribution in [3.8, 4) is 0 Å². The minimum Gasteiger partial charge on any atom is -0.443 e. The first-order valence-corrected chi connectivity index (χ1v) is 7.15. The van der Waals surface area contributed by atoms with Gasteiger partial charge in [-0.3, -0.25) is 9.69 Å². The van der Waals surface area contributed by atoms with Gasteiger partial charge in [-0.2, -0.15) is 0 Å². The Bertz CT molecular complexity index is 552. The van der Waals surface area contributed by atoms with Gasteiger partial charge in [-0.05, 0) is 39.0 Å². The molecule has 0 aromatic heterocycles. The van der Waals surface area contributed by atoms with E-state index in [9.17, 15) is 9.59 Å².